The molecule has 0 aliphatic carbocycles. The number of aromatic nitrogens is 3. The first-order valence-corrected chi connectivity index (χ1v) is 12.3. The third kappa shape index (κ3) is 5.10. The minimum Gasteiger partial charge on any atom is -0.490 e. The number of pyridine rings is 3. The van der Waals surface area contributed by atoms with Crippen LogP contribution in [0.25, 0.3) is 11.0 Å². The minimum absolute atomic E-state index is 0.0898. The van der Waals surface area contributed by atoms with E-state index in [1.807, 2.05) is 0 Å². The Morgan fingerprint density at radius 1 is 1.29 bits per heavy atom. The topological polar surface area (TPSA) is 98.6 Å². The minimum atomic E-state index is -0.853. The summed E-state index contributed by atoms with van der Waals surface area (Å²) in [5.41, 5.74) is 2.23. The van der Waals surface area contributed by atoms with E-state index in [4.69, 9.17) is 14.2 Å². The molecule has 3 aromatic heterocycles. The van der Waals surface area contributed by atoms with Crippen LogP contribution in [-0.2, 0) is 17.7 Å². The van der Waals surface area contributed by atoms with Crippen LogP contribution >= 0.6 is 11.8 Å². The third-order valence-electron chi connectivity index (χ3n) is 6.16. The Labute approximate surface area is 201 Å². The molecule has 1 saturated heterocycles. The number of thioether (sulfide) groups is 1. The van der Waals surface area contributed by atoms with Gasteiger partial charge in [0.2, 0.25) is 5.88 Å². The van der Waals surface area contributed by atoms with Gasteiger partial charge in [-0.2, -0.15) is 0 Å². The normalized spacial score (nSPS) is 21.0. The molecule has 1 fully saturated rings. The molecular formula is C24H27FN4O4S. The Balaban J connectivity index is 1.16. The zero-order valence-corrected chi connectivity index (χ0v) is 19.7. The average molecular weight is 487 g/mol. The number of aliphatic hydroxyl groups excluding tert-OH is 1. The first-order chi connectivity index (χ1) is 16.6. The van der Waals surface area contributed by atoms with Crippen molar-refractivity contribution in [3.8, 4) is 11.6 Å². The molecule has 0 bridgehead atoms. The largest absolute Gasteiger partial charge is 0.490 e. The Hall–Kier alpha value is -2.53. The van der Waals surface area contributed by atoms with Gasteiger partial charge in [-0.05, 0) is 25.0 Å². The standard InChI is InChI=1S/C24H27FN4O4S/c1-31-23-5-3-18-24(29-23)16(17(25)11-28-18)9-19(30)20-4-2-14(13-33-20)26-10-15-8-22-21(12-27-15)32-6-7-34-22/h3,5,8,11-12,14,19-20,26,30H,2,4,6-7,9-10,13H2,1H3/t14-,19?,20+/m1/s1. The fourth-order valence-corrected chi connectivity index (χ4v) is 5.16. The van der Waals surface area contributed by atoms with Crippen LogP contribution in [0.3, 0.4) is 0 Å². The van der Waals surface area contributed by atoms with Crippen LogP contribution < -0.4 is 14.8 Å². The molecule has 2 N–H and O–H groups in total. The number of nitrogens with one attached hydrogen (secondary N) is 1. The summed E-state index contributed by atoms with van der Waals surface area (Å²) >= 11 is 1.78. The molecule has 8 nitrogen and oxygen atoms in total. The maximum Gasteiger partial charge on any atom is 0.213 e. The van der Waals surface area contributed by atoms with Gasteiger partial charge in [-0.25, -0.2) is 9.37 Å². The molecule has 5 heterocycles. The summed E-state index contributed by atoms with van der Waals surface area (Å²) in [6.45, 7) is 1.82. The molecule has 3 aromatic rings. The number of hydrogen-bond donors (Lipinski definition) is 2. The lowest BCUT2D eigenvalue weighted by Gasteiger charge is -2.32. The van der Waals surface area contributed by atoms with Crippen LogP contribution in [0.2, 0.25) is 0 Å². The van der Waals surface area contributed by atoms with Gasteiger partial charge in [-0.15, -0.1) is 11.8 Å². The number of halogens is 1. The van der Waals surface area contributed by atoms with E-state index in [9.17, 15) is 9.50 Å². The van der Waals surface area contributed by atoms with Crippen LogP contribution in [0.5, 0.6) is 11.6 Å². The van der Waals surface area contributed by atoms with E-state index in [1.54, 1.807) is 30.1 Å². The number of methoxy groups -OCH3 is 1. The smallest absolute Gasteiger partial charge is 0.213 e. The molecule has 0 amide bonds. The number of aliphatic hydroxyl groups is 1. The molecule has 0 saturated carbocycles. The third-order valence-corrected chi connectivity index (χ3v) is 7.16. The van der Waals surface area contributed by atoms with Gasteiger partial charge in [-0.3, -0.25) is 9.97 Å². The van der Waals surface area contributed by atoms with Gasteiger partial charge in [0.15, 0.2) is 5.75 Å². The summed E-state index contributed by atoms with van der Waals surface area (Å²) in [5.74, 6) is 1.68. The highest BCUT2D eigenvalue weighted by Gasteiger charge is 2.29. The van der Waals surface area contributed by atoms with Gasteiger partial charge >= 0.3 is 0 Å². The van der Waals surface area contributed by atoms with E-state index < -0.39 is 11.9 Å². The number of ether oxygens (including phenoxy) is 3. The lowest BCUT2D eigenvalue weighted by molar-refractivity contribution is -0.0719. The maximum atomic E-state index is 14.6. The predicted molar refractivity (Wildman–Crippen MR) is 126 cm³/mol. The lowest BCUT2D eigenvalue weighted by atomic mass is 9.96. The second kappa shape index (κ2) is 10.4. The van der Waals surface area contributed by atoms with E-state index in [2.05, 4.69) is 26.3 Å². The Morgan fingerprint density at radius 2 is 2.21 bits per heavy atom. The molecule has 0 spiro atoms. The van der Waals surface area contributed by atoms with Gasteiger partial charge in [0.1, 0.15) is 5.82 Å². The fourth-order valence-electron chi connectivity index (χ4n) is 4.30. The molecule has 0 radical (unpaired) electrons. The van der Waals surface area contributed by atoms with Crippen LogP contribution in [0.15, 0.2) is 35.5 Å². The molecule has 34 heavy (non-hydrogen) atoms. The number of rotatable bonds is 7. The summed E-state index contributed by atoms with van der Waals surface area (Å²) in [4.78, 5) is 14.0. The van der Waals surface area contributed by atoms with E-state index in [-0.39, 0.29) is 18.6 Å². The van der Waals surface area contributed by atoms with Crippen molar-refractivity contribution in [1.82, 2.24) is 20.3 Å². The quantitative estimate of drug-likeness (QED) is 0.522. The summed E-state index contributed by atoms with van der Waals surface area (Å²) in [5, 5.41) is 14.3. The summed E-state index contributed by atoms with van der Waals surface area (Å²) in [7, 11) is 1.50. The van der Waals surface area contributed by atoms with Gasteiger partial charge in [0.25, 0.3) is 0 Å². The lowest BCUT2D eigenvalue weighted by Crippen LogP contribution is -2.44. The average Bonchev–Trinajstić information content (AvgIpc) is 2.89. The molecule has 10 heteroatoms. The highest BCUT2D eigenvalue weighted by atomic mass is 32.2. The summed E-state index contributed by atoms with van der Waals surface area (Å²) in [6, 6.07) is 5.64. The first-order valence-electron chi connectivity index (χ1n) is 11.4. The Morgan fingerprint density at radius 3 is 3.03 bits per heavy atom. The molecule has 180 valence electrons. The number of fused-ring (bicyclic) bond motifs is 2. The number of nitrogens with zero attached hydrogens (tertiary/aromatic N) is 3. The van der Waals surface area contributed by atoms with Crippen molar-refractivity contribution in [2.45, 2.75) is 49.0 Å². The fraction of sp³-hybridized carbons (Fsp3) is 0.458. The van der Waals surface area contributed by atoms with Crippen LogP contribution in [0.1, 0.15) is 24.1 Å². The molecule has 3 atom stereocenters. The summed E-state index contributed by atoms with van der Waals surface area (Å²) in [6.07, 6.45) is 3.33. The molecule has 0 aromatic carbocycles. The second-order valence-corrected chi connectivity index (χ2v) is 9.56. The monoisotopic (exact) mass is 486 g/mol. The van der Waals surface area contributed by atoms with Crippen molar-refractivity contribution < 1.29 is 23.7 Å². The van der Waals surface area contributed by atoms with Gasteiger partial charge in [0, 0.05) is 36.4 Å². The van der Waals surface area contributed by atoms with E-state index in [0.29, 0.717) is 42.0 Å². The Bertz CT molecular complexity index is 1160. The van der Waals surface area contributed by atoms with Gasteiger partial charge < -0.3 is 24.6 Å². The highest BCUT2D eigenvalue weighted by Crippen LogP contribution is 2.32. The molecule has 1 unspecified atom stereocenters. The van der Waals surface area contributed by atoms with Crippen molar-refractivity contribution in [3.63, 3.8) is 0 Å². The zero-order valence-electron chi connectivity index (χ0n) is 18.9. The van der Waals surface area contributed by atoms with Crippen LogP contribution in [0.4, 0.5) is 4.39 Å². The second-order valence-electron chi connectivity index (χ2n) is 8.42. The zero-order chi connectivity index (χ0) is 23.5. The Kier molecular flexibility index (Phi) is 7.10. The SMILES string of the molecule is COc1ccc2ncc(F)c(CC(O)[C@@H]3CC[C@@H](NCc4cc5c(cn4)OCCS5)CO3)c2n1. The molecule has 2 aliphatic rings. The van der Waals surface area contributed by atoms with Gasteiger partial charge in [-0.1, -0.05) is 0 Å². The van der Waals surface area contributed by atoms with Crippen molar-refractivity contribution in [1.29, 1.82) is 0 Å². The van der Waals surface area contributed by atoms with Crippen molar-refractivity contribution >= 4 is 22.8 Å². The molecule has 2 aliphatic heterocycles. The van der Waals surface area contributed by atoms with E-state index >= 15 is 0 Å². The molecular weight excluding hydrogens is 459 g/mol. The van der Waals surface area contributed by atoms with E-state index in [1.165, 1.54) is 13.3 Å². The highest BCUT2D eigenvalue weighted by molar-refractivity contribution is 7.99. The predicted octanol–water partition coefficient (Wildman–Crippen LogP) is 2.90. The summed E-state index contributed by atoms with van der Waals surface area (Å²) < 4.78 is 31.3. The maximum absolute atomic E-state index is 14.6. The first kappa shape index (κ1) is 23.2. The van der Waals surface area contributed by atoms with Crippen molar-refractivity contribution in [2.24, 2.45) is 0 Å². The molecule has 5 rings (SSSR count). The van der Waals surface area contributed by atoms with E-state index in [0.717, 1.165) is 35.1 Å². The van der Waals surface area contributed by atoms with Crippen molar-refractivity contribution in [2.75, 3.05) is 26.1 Å². The van der Waals surface area contributed by atoms with Crippen LogP contribution in [-0.4, -0.2) is 64.4 Å². The van der Waals surface area contributed by atoms with Gasteiger partial charge in [0.05, 0.1) is 66.5 Å². The number of hydrogen-bond acceptors (Lipinski definition) is 9. The van der Waals surface area contributed by atoms with Crippen LogP contribution in [0, 0.1) is 5.82 Å². The van der Waals surface area contributed by atoms with Crippen molar-refractivity contribution in [3.05, 3.63) is 47.7 Å².